The van der Waals surface area contributed by atoms with E-state index in [0.717, 1.165) is 49.6 Å². The Morgan fingerprint density at radius 2 is 1.90 bits per heavy atom. The van der Waals surface area contributed by atoms with Gasteiger partial charge < -0.3 is 4.57 Å². The van der Waals surface area contributed by atoms with Crippen molar-refractivity contribution in [2.45, 2.75) is 58.3 Å². The lowest BCUT2D eigenvalue weighted by atomic mass is 9.93. The van der Waals surface area contributed by atoms with E-state index in [1.54, 1.807) is 13.0 Å². The molecule has 6 nitrogen and oxygen atoms in total. The van der Waals surface area contributed by atoms with E-state index in [2.05, 4.69) is 31.5 Å². The van der Waals surface area contributed by atoms with Gasteiger partial charge in [0.15, 0.2) is 5.65 Å². The summed E-state index contributed by atoms with van der Waals surface area (Å²) in [6.07, 6.45) is 1.47. The standard InChI is InChI=1S/C20H25F3N6/c1-3-15-9-18(20(21,22)23)29-19(25-15)10-17(26-29)14-5-7-27(8-6-14)12-16-11-24-13-28(16)4-2/h9-11,13-14H,3-8,12H2,1-2H3. The van der Waals surface area contributed by atoms with E-state index in [1.807, 2.05) is 12.5 Å². The third kappa shape index (κ3) is 4.01. The highest BCUT2D eigenvalue weighted by Crippen LogP contribution is 2.33. The number of piperidine rings is 1. The maximum atomic E-state index is 13.5. The van der Waals surface area contributed by atoms with Crippen LogP contribution in [0.4, 0.5) is 13.2 Å². The summed E-state index contributed by atoms with van der Waals surface area (Å²) >= 11 is 0. The average Bonchev–Trinajstić information content (AvgIpc) is 3.33. The number of aryl methyl sites for hydroxylation is 2. The second-order valence-corrected chi connectivity index (χ2v) is 7.54. The van der Waals surface area contributed by atoms with Crippen molar-refractivity contribution < 1.29 is 13.2 Å². The van der Waals surface area contributed by atoms with Crippen molar-refractivity contribution >= 4 is 5.65 Å². The van der Waals surface area contributed by atoms with Crippen LogP contribution in [0.3, 0.4) is 0 Å². The molecular formula is C20H25F3N6. The normalized spacial score (nSPS) is 16.7. The molecule has 4 rings (SSSR count). The van der Waals surface area contributed by atoms with Gasteiger partial charge in [-0.3, -0.25) is 4.90 Å². The average molecular weight is 406 g/mol. The Labute approximate surface area is 167 Å². The zero-order valence-corrected chi connectivity index (χ0v) is 16.7. The van der Waals surface area contributed by atoms with Gasteiger partial charge in [0.05, 0.1) is 17.7 Å². The minimum atomic E-state index is -4.46. The minimum absolute atomic E-state index is 0.148. The molecule has 4 heterocycles. The summed E-state index contributed by atoms with van der Waals surface area (Å²) < 4.78 is 43.5. The number of nitrogens with zero attached hydrogens (tertiary/aromatic N) is 6. The summed E-state index contributed by atoms with van der Waals surface area (Å²) in [6.45, 7) is 7.39. The molecule has 0 bridgehead atoms. The van der Waals surface area contributed by atoms with Crippen LogP contribution in [-0.2, 0) is 25.7 Å². The van der Waals surface area contributed by atoms with Gasteiger partial charge in [0, 0.05) is 37.0 Å². The first-order chi connectivity index (χ1) is 13.9. The summed E-state index contributed by atoms with van der Waals surface area (Å²) in [4.78, 5) is 10.9. The molecule has 0 unspecified atom stereocenters. The van der Waals surface area contributed by atoms with Crippen LogP contribution in [0.1, 0.15) is 55.4 Å². The molecule has 1 fully saturated rings. The number of fused-ring (bicyclic) bond motifs is 1. The van der Waals surface area contributed by atoms with Crippen molar-refractivity contribution in [2.75, 3.05) is 13.1 Å². The number of imidazole rings is 1. The molecule has 3 aromatic rings. The number of rotatable bonds is 5. The van der Waals surface area contributed by atoms with Gasteiger partial charge in [-0.15, -0.1) is 0 Å². The van der Waals surface area contributed by atoms with Gasteiger partial charge in [-0.2, -0.15) is 18.3 Å². The SMILES string of the molecule is CCc1cc(C(F)(F)F)n2nc(C3CCN(Cc4cncn4CC)CC3)cc2n1. The molecule has 1 aliphatic rings. The first kappa shape index (κ1) is 19.9. The Balaban J connectivity index is 1.51. The Bertz CT molecular complexity index is 982. The van der Waals surface area contributed by atoms with Gasteiger partial charge >= 0.3 is 6.18 Å². The van der Waals surface area contributed by atoms with E-state index in [0.29, 0.717) is 17.8 Å². The molecule has 156 valence electrons. The third-order valence-corrected chi connectivity index (χ3v) is 5.68. The molecular weight excluding hydrogens is 381 g/mol. The lowest BCUT2D eigenvalue weighted by Gasteiger charge is -2.31. The van der Waals surface area contributed by atoms with Gasteiger partial charge in [-0.1, -0.05) is 6.92 Å². The molecule has 0 amide bonds. The number of likely N-dealkylation sites (tertiary alicyclic amines) is 1. The Hall–Kier alpha value is -2.42. The molecule has 9 heteroatoms. The molecule has 0 aliphatic carbocycles. The third-order valence-electron chi connectivity index (χ3n) is 5.68. The summed E-state index contributed by atoms with van der Waals surface area (Å²) in [5, 5.41) is 4.31. The van der Waals surface area contributed by atoms with Crippen LogP contribution in [-0.4, -0.2) is 42.1 Å². The predicted molar refractivity (Wildman–Crippen MR) is 103 cm³/mol. The molecule has 0 spiro atoms. The van der Waals surface area contributed by atoms with Crippen LogP contribution in [0.25, 0.3) is 5.65 Å². The van der Waals surface area contributed by atoms with E-state index >= 15 is 0 Å². The number of hydrogen-bond donors (Lipinski definition) is 0. The Morgan fingerprint density at radius 1 is 1.14 bits per heavy atom. The highest BCUT2D eigenvalue weighted by atomic mass is 19.4. The van der Waals surface area contributed by atoms with Crippen LogP contribution in [0, 0.1) is 0 Å². The van der Waals surface area contributed by atoms with Gasteiger partial charge in [0.1, 0.15) is 5.69 Å². The van der Waals surface area contributed by atoms with Gasteiger partial charge in [0.2, 0.25) is 0 Å². The lowest BCUT2D eigenvalue weighted by Crippen LogP contribution is -2.33. The molecule has 0 saturated carbocycles. The molecule has 0 atom stereocenters. The van der Waals surface area contributed by atoms with E-state index in [-0.39, 0.29) is 11.6 Å². The molecule has 3 aromatic heterocycles. The highest BCUT2D eigenvalue weighted by molar-refractivity contribution is 5.43. The first-order valence-corrected chi connectivity index (χ1v) is 10.1. The van der Waals surface area contributed by atoms with Crippen LogP contribution >= 0.6 is 0 Å². The largest absolute Gasteiger partial charge is 0.433 e. The van der Waals surface area contributed by atoms with E-state index in [1.165, 1.54) is 5.69 Å². The smallest absolute Gasteiger partial charge is 0.334 e. The monoisotopic (exact) mass is 406 g/mol. The Morgan fingerprint density at radius 3 is 2.55 bits per heavy atom. The van der Waals surface area contributed by atoms with E-state index in [9.17, 15) is 13.2 Å². The maximum absolute atomic E-state index is 13.5. The summed E-state index contributed by atoms with van der Waals surface area (Å²) in [5.41, 5.74) is 1.84. The van der Waals surface area contributed by atoms with Gasteiger partial charge in [-0.25, -0.2) is 14.5 Å². The molecule has 0 aromatic carbocycles. The molecule has 1 aliphatic heterocycles. The fraction of sp³-hybridized carbons (Fsp3) is 0.550. The topological polar surface area (TPSA) is 51.2 Å². The van der Waals surface area contributed by atoms with Crippen LogP contribution in [0.2, 0.25) is 0 Å². The van der Waals surface area contributed by atoms with Gasteiger partial charge in [0.25, 0.3) is 0 Å². The molecule has 29 heavy (non-hydrogen) atoms. The predicted octanol–water partition coefficient (Wildman–Crippen LogP) is 3.91. The first-order valence-electron chi connectivity index (χ1n) is 10.1. The molecule has 0 N–H and O–H groups in total. The minimum Gasteiger partial charge on any atom is -0.334 e. The second kappa shape index (κ2) is 7.78. The van der Waals surface area contributed by atoms with Crippen molar-refractivity contribution in [3.8, 4) is 0 Å². The summed E-state index contributed by atoms with van der Waals surface area (Å²) in [5.74, 6) is 0.148. The van der Waals surface area contributed by atoms with Crippen molar-refractivity contribution in [1.82, 2.24) is 29.0 Å². The zero-order chi connectivity index (χ0) is 20.6. The lowest BCUT2D eigenvalue weighted by molar-refractivity contribution is -0.142. The number of hydrogen-bond acceptors (Lipinski definition) is 4. The highest BCUT2D eigenvalue weighted by Gasteiger charge is 2.35. The Kier molecular flexibility index (Phi) is 5.33. The van der Waals surface area contributed by atoms with Crippen molar-refractivity contribution in [2.24, 2.45) is 0 Å². The van der Waals surface area contributed by atoms with Crippen molar-refractivity contribution in [3.05, 3.63) is 47.4 Å². The van der Waals surface area contributed by atoms with E-state index < -0.39 is 11.9 Å². The fourth-order valence-electron chi connectivity index (χ4n) is 4.01. The number of aromatic nitrogens is 5. The number of alkyl halides is 3. The number of halogens is 3. The van der Waals surface area contributed by atoms with Crippen LogP contribution in [0.15, 0.2) is 24.7 Å². The van der Waals surface area contributed by atoms with Crippen molar-refractivity contribution in [1.29, 1.82) is 0 Å². The zero-order valence-electron chi connectivity index (χ0n) is 16.7. The maximum Gasteiger partial charge on any atom is 0.433 e. The summed E-state index contributed by atoms with van der Waals surface area (Å²) in [7, 11) is 0. The van der Waals surface area contributed by atoms with Crippen LogP contribution < -0.4 is 0 Å². The van der Waals surface area contributed by atoms with Crippen molar-refractivity contribution in [3.63, 3.8) is 0 Å². The molecule has 0 radical (unpaired) electrons. The van der Waals surface area contributed by atoms with Gasteiger partial charge in [-0.05, 0) is 45.3 Å². The summed E-state index contributed by atoms with van der Waals surface area (Å²) in [6, 6.07) is 2.82. The molecule has 1 saturated heterocycles. The second-order valence-electron chi connectivity index (χ2n) is 7.54. The quantitative estimate of drug-likeness (QED) is 0.645. The van der Waals surface area contributed by atoms with Crippen LogP contribution in [0.5, 0.6) is 0 Å². The fourth-order valence-corrected chi connectivity index (χ4v) is 4.01. The van der Waals surface area contributed by atoms with E-state index in [4.69, 9.17) is 0 Å².